The van der Waals surface area contributed by atoms with E-state index in [4.69, 9.17) is 15.2 Å². The summed E-state index contributed by atoms with van der Waals surface area (Å²) in [6.45, 7) is 1.18. The molecule has 0 radical (unpaired) electrons. The summed E-state index contributed by atoms with van der Waals surface area (Å²) in [5, 5.41) is 13.5. The first-order chi connectivity index (χ1) is 12.2. The van der Waals surface area contributed by atoms with E-state index in [0.717, 1.165) is 35.6 Å². The van der Waals surface area contributed by atoms with E-state index < -0.39 is 6.10 Å². The highest BCUT2D eigenvalue weighted by atomic mass is 16.5. The van der Waals surface area contributed by atoms with Crippen LogP contribution in [-0.2, 0) is 12.8 Å². The summed E-state index contributed by atoms with van der Waals surface area (Å²) in [5.41, 5.74) is 8.30. The van der Waals surface area contributed by atoms with Crippen LogP contribution in [0.3, 0.4) is 0 Å². The van der Waals surface area contributed by atoms with Crippen molar-refractivity contribution in [3.8, 4) is 11.5 Å². The van der Waals surface area contributed by atoms with E-state index in [1.54, 1.807) is 14.2 Å². The molecule has 4 N–H and O–H groups in total. The van der Waals surface area contributed by atoms with Crippen molar-refractivity contribution in [3.63, 3.8) is 0 Å². The Labute approximate surface area is 149 Å². The second-order valence-electron chi connectivity index (χ2n) is 6.03. The molecule has 2 rings (SSSR count). The van der Waals surface area contributed by atoms with Crippen LogP contribution in [0.1, 0.15) is 11.1 Å². The fourth-order valence-electron chi connectivity index (χ4n) is 2.80. The molecular formula is C20H28N2O3. The van der Waals surface area contributed by atoms with Crippen LogP contribution in [0.25, 0.3) is 0 Å². The molecule has 25 heavy (non-hydrogen) atoms. The van der Waals surface area contributed by atoms with Crippen molar-refractivity contribution in [2.45, 2.75) is 25.0 Å². The molecule has 0 amide bonds. The Balaban J connectivity index is 1.77. The van der Waals surface area contributed by atoms with Gasteiger partial charge in [0.05, 0.1) is 20.3 Å². The average molecular weight is 344 g/mol. The van der Waals surface area contributed by atoms with Gasteiger partial charge in [-0.2, -0.15) is 0 Å². The number of hydrogen-bond acceptors (Lipinski definition) is 5. The van der Waals surface area contributed by atoms with Gasteiger partial charge in [0.1, 0.15) is 0 Å². The van der Waals surface area contributed by atoms with E-state index in [-0.39, 0.29) is 6.04 Å². The van der Waals surface area contributed by atoms with Crippen LogP contribution < -0.4 is 20.5 Å². The van der Waals surface area contributed by atoms with Crippen LogP contribution in [0.5, 0.6) is 11.5 Å². The fourth-order valence-corrected chi connectivity index (χ4v) is 2.80. The molecule has 0 aromatic heterocycles. The Morgan fingerprint density at radius 2 is 1.80 bits per heavy atom. The van der Waals surface area contributed by atoms with Crippen molar-refractivity contribution in [1.29, 1.82) is 0 Å². The smallest absolute Gasteiger partial charge is 0.163 e. The van der Waals surface area contributed by atoms with E-state index in [1.165, 1.54) is 0 Å². The maximum Gasteiger partial charge on any atom is 0.163 e. The lowest BCUT2D eigenvalue weighted by molar-refractivity contribution is 0.142. The minimum absolute atomic E-state index is 0.291. The quantitative estimate of drug-likeness (QED) is 0.573. The number of benzene rings is 2. The zero-order valence-electron chi connectivity index (χ0n) is 14.9. The normalized spacial score (nSPS) is 13.3. The van der Waals surface area contributed by atoms with Gasteiger partial charge in [0.15, 0.2) is 11.5 Å². The molecule has 2 aromatic rings. The number of rotatable bonds is 10. The van der Waals surface area contributed by atoms with Crippen molar-refractivity contribution in [2.75, 3.05) is 27.3 Å². The van der Waals surface area contributed by atoms with Crippen molar-refractivity contribution in [2.24, 2.45) is 5.73 Å². The van der Waals surface area contributed by atoms with Crippen LogP contribution in [-0.4, -0.2) is 44.6 Å². The Morgan fingerprint density at radius 3 is 2.48 bits per heavy atom. The lowest BCUT2D eigenvalue weighted by Gasteiger charge is -2.19. The zero-order valence-corrected chi connectivity index (χ0v) is 14.9. The third kappa shape index (κ3) is 5.74. The number of nitrogens with two attached hydrogens (primary N) is 1. The molecule has 5 nitrogen and oxygen atoms in total. The van der Waals surface area contributed by atoms with Crippen molar-refractivity contribution < 1.29 is 14.6 Å². The lowest BCUT2D eigenvalue weighted by Crippen LogP contribution is -2.43. The minimum atomic E-state index is -0.590. The molecule has 0 bridgehead atoms. The molecular weight excluding hydrogens is 316 g/mol. The van der Waals surface area contributed by atoms with Crippen LogP contribution in [0.4, 0.5) is 0 Å². The largest absolute Gasteiger partial charge is 0.493 e. The van der Waals surface area contributed by atoms with Gasteiger partial charge >= 0.3 is 0 Å². The Hall–Kier alpha value is -2.08. The van der Waals surface area contributed by atoms with Crippen molar-refractivity contribution in [3.05, 3.63) is 59.7 Å². The SMILES string of the molecule is COc1cccc(CCNC[C@@H](O)[C@@H](N)Cc2ccccc2)c1OC. The molecule has 5 heteroatoms. The number of nitrogens with one attached hydrogen (secondary N) is 1. The highest BCUT2D eigenvalue weighted by molar-refractivity contribution is 5.46. The molecule has 0 aliphatic carbocycles. The highest BCUT2D eigenvalue weighted by Gasteiger charge is 2.15. The standard InChI is InChI=1S/C20H28N2O3/c1-24-19-10-6-9-16(20(19)25-2)11-12-22-14-18(23)17(21)13-15-7-4-3-5-8-15/h3-10,17-18,22-23H,11-14,21H2,1-2H3/t17-,18+/m0/s1. The maximum absolute atomic E-state index is 10.2. The topological polar surface area (TPSA) is 76.7 Å². The fraction of sp³-hybridized carbons (Fsp3) is 0.400. The first kappa shape index (κ1) is 19.2. The molecule has 0 fully saturated rings. The summed E-state index contributed by atoms with van der Waals surface area (Å²) in [4.78, 5) is 0. The van der Waals surface area contributed by atoms with Crippen molar-refractivity contribution in [1.82, 2.24) is 5.32 Å². The molecule has 2 aromatic carbocycles. The lowest BCUT2D eigenvalue weighted by atomic mass is 10.0. The second kappa shape index (κ2) is 10.0. The third-order valence-electron chi connectivity index (χ3n) is 4.22. The monoisotopic (exact) mass is 344 g/mol. The van der Waals surface area contributed by atoms with E-state index in [9.17, 15) is 5.11 Å². The summed E-state index contributed by atoms with van der Waals surface area (Å²) < 4.78 is 10.7. The highest BCUT2D eigenvalue weighted by Crippen LogP contribution is 2.30. The Morgan fingerprint density at radius 1 is 1.04 bits per heavy atom. The van der Waals surface area contributed by atoms with Gasteiger partial charge < -0.3 is 25.6 Å². The molecule has 136 valence electrons. The summed E-state index contributed by atoms with van der Waals surface area (Å²) in [6, 6.07) is 15.5. The maximum atomic E-state index is 10.2. The van der Waals surface area contributed by atoms with Gasteiger partial charge in [0.2, 0.25) is 0 Å². The van der Waals surface area contributed by atoms with Gasteiger partial charge in [-0.05, 0) is 36.6 Å². The Kier molecular flexibility index (Phi) is 7.73. The summed E-state index contributed by atoms with van der Waals surface area (Å²) in [7, 11) is 3.27. The molecule has 0 saturated heterocycles. The first-order valence-corrected chi connectivity index (χ1v) is 8.54. The Bertz CT molecular complexity index is 634. The molecule has 0 unspecified atom stereocenters. The van der Waals surface area contributed by atoms with Crippen molar-refractivity contribution >= 4 is 0 Å². The predicted molar refractivity (Wildman–Crippen MR) is 100 cm³/mol. The van der Waals surface area contributed by atoms with E-state index in [1.807, 2.05) is 48.5 Å². The molecule has 0 heterocycles. The van der Waals surface area contributed by atoms with Crippen LogP contribution >= 0.6 is 0 Å². The number of para-hydroxylation sites is 1. The molecule has 2 atom stereocenters. The van der Waals surface area contributed by atoms with E-state index in [0.29, 0.717) is 13.0 Å². The summed E-state index contributed by atoms with van der Waals surface area (Å²) in [5.74, 6) is 1.48. The first-order valence-electron chi connectivity index (χ1n) is 8.54. The molecule has 0 saturated carbocycles. The number of hydrogen-bond donors (Lipinski definition) is 3. The predicted octanol–water partition coefficient (Wildman–Crippen LogP) is 1.77. The molecule has 0 aliphatic heterocycles. The summed E-state index contributed by atoms with van der Waals surface area (Å²) >= 11 is 0. The van der Waals surface area contributed by atoms with Gasteiger partial charge in [-0.1, -0.05) is 42.5 Å². The van der Waals surface area contributed by atoms with E-state index >= 15 is 0 Å². The summed E-state index contributed by atoms with van der Waals surface area (Å²) in [6.07, 6.45) is 0.849. The second-order valence-corrected chi connectivity index (χ2v) is 6.03. The molecule has 0 spiro atoms. The average Bonchev–Trinajstić information content (AvgIpc) is 2.65. The van der Waals surface area contributed by atoms with Gasteiger partial charge in [-0.15, -0.1) is 0 Å². The third-order valence-corrected chi connectivity index (χ3v) is 4.22. The van der Waals surface area contributed by atoms with Crippen LogP contribution in [0.15, 0.2) is 48.5 Å². The van der Waals surface area contributed by atoms with E-state index in [2.05, 4.69) is 5.32 Å². The number of aliphatic hydroxyl groups excluding tert-OH is 1. The van der Waals surface area contributed by atoms with Gasteiger partial charge in [0, 0.05) is 12.6 Å². The van der Waals surface area contributed by atoms with Gasteiger partial charge in [0.25, 0.3) is 0 Å². The van der Waals surface area contributed by atoms with Gasteiger partial charge in [-0.25, -0.2) is 0 Å². The number of aliphatic hydroxyl groups is 1. The van der Waals surface area contributed by atoms with Crippen LogP contribution in [0.2, 0.25) is 0 Å². The van der Waals surface area contributed by atoms with Crippen LogP contribution in [0, 0.1) is 0 Å². The van der Waals surface area contributed by atoms with Gasteiger partial charge in [-0.3, -0.25) is 0 Å². The number of ether oxygens (including phenoxy) is 2. The number of methoxy groups -OCH3 is 2. The molecule has 0 aliphatic rings. The minimum Gasteiger partial charge on any atom is -0.493 e. The zero-order chi connectivity index (χ0) is 18.1.